The van der Waals surface area contributed by atoms with Gasteiger partial charge in [0, 0.05) is 36.6 Å². The summed E-state index contributed by atoms with van der Waals surface area (Å²) in [5.41, 5.74) is 1.45. The molecule has 1 aliphatic rings. The van der Waals surface area contributed by atoms with Crippen molar-refractivity contribution in [1.29, 1.82) is 0 Å². The zero-order valence-corrected chi connectivity index (χ0v) is 12.9. The Balaban J connectivity index is 2.00. The number of hydrogen-bond donors (Lipinski definition) is 1. The van der Waals surface area contributed by atoms with Crippen LogP contribution in [-0.2, 0) is 6.54 Å². The Labute approximate surface area is 115 Å². The first-order valence-electron chi connectivity index (χ1n) is 7.12. The highest BCUT2D eigenvalue weighted by Crippen LogP contribution is 2.22. The van der Waals surface area contributed by atoms with E-state index < -0.39 is 0 Å². The van der Waals surface area contributed by atoms with Gasteiger partial charge in [-0.05, 0) is 36.8 Å². The maximum atomic E-state index is 3.71. The molecule has 0 bridgehead atoms. The van der Waals surface area contributed by atoms with Gasteiger partial charge in [-0.25, -0.2) is 0 Å². The second-order valence-electron chi connectivity index (χ2n) is 5.71. The van der Waals surface area contributed by atoms with Crippen LogP contribution in [0.2, 0.25) is 0 Å². The molecular formula is C15H26N2S. The third kappa shape index (κ3) is 3.14. The van der Waals surface area contributed by atoms with Gasteiger partial charge in [0.25, 0.3) is 0 Å². The fourth-order valence-corrected chi connectivity index (χ4v) is 3.52. The van der Waals surface area contributed by atoms with Crippen molar-refractivity contribution >= 4 is 11.3 Å². The Kier molecular flexibility index (Phi) is 4.82. The molecule has 3 heteroatoms. The lowest BCUT2D eigenvalue weighted by Gasteiger charge is -2.41. The molecule has 18 heavy (non-hydrogen) atoms. The fraction of sp³-hybridized carbons (Fsp3) is 0.733. The molecule has 0 aliphatic carbocycles. The van der Waals surface area contributed by atoms with Crippen molar-refractivity contribution in [3.05, 3.63) is 21.9 Å². The minimum Gasteiger partial charge on any atom is -0.311 e. The molecule has 1 fully saturated rings. The van der Waals surface area contributed by atoms with E-state index in [0.717, 1.165) is 19.0 Å². The number of piperazine rings is 1. The minimum absolute atomic E-state index is 0.645. The summed E-state index contributed by atoms with van der Waals surface area (Å²) in [6.07, 6.45) is 1.26. The van der Waals surface area contributed by atoms with Gasteiger partial charge in [0.1, 0.15) is 0 Å². The zero-order valence-electron chi connectivity index (χ0n) is 12.1. The molecule has 1 aromatic rings. The first-order chi connectivity index (χ1) is 8.61. The van der Waals surface area contributed by atoms with Crippen LogP contribution >= 0.6 is 11.3 Å². The topological polar surface area (TPSA) is 15.3 Å². The van der Waals surface area contributed by atoms with E-state index in [0.29, 0.717) is 12.1 Å². The van der Waals surface area contributed by atoms with Crippen LogP contribution in [0.25, 0.3) is 0 Å². The van der Waals surface area contributed by atoms with Crippen LogP contribution in [0.5, 0.6) is 0 Å². The summed E-state index contributed by atoms with van der Waals surface area (Å²) in [5, 5.41) is 5.92. The van der Waals surface area contributed by atoms with Gasteiger partial charge in [0.15, 0.2) is 0 Å². The Bertz CT molecular complexity index is 374. The highest BCUT2D eigenvalue weighted by atomic mass is 32.1. The van der Waals surface area contributed by atoms with Crippen molar-refractivity contribution in [2.24, 2.45) is 5.92 Å². The lowest BCUT2D eigenvalue weighted by atomic mass is 9.95. The second kappa shape index (κ2) is 6.18. The molecule has 0 spiro atoms. The lowest BCUT2D eigenvalue weighted by molar-refractivity contribution is 0.112. The van der Waals surface area contributed by atoms with Gasteiger partial charge in [0.2, 0.25) is 0 Å². The molecule has 1 aromatic heterocycles. The van der Waals surface area contributed by atoms with Crippen LogP contribution in [0.1, 0.15) is 37.6 Å². The summed E-state index contributed by atoms with van der Waals surface area (Å²) < 4.78 is 0. The van der Waals surface area contributed by atoms with E-state index in [1.165, 1.54) is 23.4 Å². The van der Waals surface area contributed by atoms with Gasteiger partial charge in [-0.1, -0.05) is 20.3 Å². The van der Waals surface area contributed by atoms with Crippen LogP contribution in [0.4, 0.5) is 0 Å². The quantitative estimate of drug-likeness (QED) is 0.900. The Hall–Kier alpha value is -0.380. The lowest BCUT2D eigenvalue weighted by Crippen LogP contribution is -2.56. The van der Waals surface area contributed by atoms with Crippen molar-refractivity contribution in [3.8, 4) is 0 Å². The summed E-state index contributed by atoms with van der Waals surface area (Å²) >= 11 is 1.90. The molecule has 102 valence electrons. The summed E-state index contributed by atoms with van der Waals surface area (Å²) in [6, 6.07) is 3.54. The number of thiophene rings is 1. The molecule has 1 saturated heterocycles. The molecule has 0 amide bonds. The number of rotatable bonds is 4. The van der Waals surface area contributed by atoms with Crippen LogP contribution < -0.4 is 5.32 Å². The van der Waals surface area contributed by atoms with E-state index in [-0.39, 0.29) is 0 Å². The predicted octanol–water partition coefficient (Wildman–Crippen LogP) is 3.26. The largest absolute Gasteiger partial charge is 0.311 e. The van der Waals surface area contributed by atoms with E-state index in [4.69, 9.17) is 0 Å². The van der Waals surface area contributed by atoms with Crippen LogP contribution in [0.3, 0.4) is 0 Å². The molecule has 2 rings (SSSR count). The molecule has 0 radical (unpaired) electrons. The molecule has 2 heterocycles. The zero-order chi connectivity index (χ0) is 13.1. The number of hydrogen-bond acceptors (Lipinski definition) is 3. The first kappa shape index (κ1) is 14.0. The van der Waals surface area contributed by atoms with Crippen LogP contribution in [-0.4, -0.2) is 30.1 Å². The van der Waals surface area contributed by atoms with Gasteiger partial charge >= 0.3 is 0 Å². The van der Waals surface area contributed by atoms with Crippen molar-refractivity contribution in [2.45, 2.75) is 52.7 Å². The van der Waals surface area contributed by atoms with E-state index >= 15 is 0 Å². The van der Waals surface area contributed by atoms with Gasteiger partial charge in [-0.15, -0.1) is 11.3 Å². The summed E-state index contributed by atoms with van der Waals surface area (Å²) in [6.45, 7) is 12.7. The first-order valence-corrected chi connectivity index (χ1v) is 8.00. The molecule has 2 nitrogen and oxygen atoms in total. The molecular weight excluding hydrogens is 240 g/mol. The van der Waals surface area contributed by atoms with Crippen LogP contribution in [0, 0.1) is 12.8 Å². The average Bonchev–Trinajstić information content (AvgIpc) is 2.77. The van der Waals surface area contributed by atoms with E-state index in [2.05, 4.69) is 49.4 Å². The van der Waals surface area contributed by atoms with Crippen molar-refractivity contribution in [1.82, 2.24) is 10.2 Å². The molecule has 1 aliphatic heterocycles. The fourth-order valence-electron chi connectivity index (χ4n) is 2.58. The average molecular weight is 266 g/mol. The number of aryl methyl sites for hydroxylation is 1. The smallest absolute Gasteiger partial charge is 0.0334 e. The van der Waals surface area contributed by atoms with Gasteiger partial charge in [0.05, 0.1) is 0 Å². The van der Waals surface area contributed by atoms with Gasteiger partial charge < -0.3 is 5.32 Å². The van der Waals surface area contributed by atoms with Crippen molar-refractivity contribution in [2.75, 3.05) is 13.1 Å². The van der Waals surface area contributed by atoms with E-state index in [1.807, 2.05) is 11.3 Å². The number of nitrogens with zero attached hydrogens (tertiary/aromatic N) is 1. The van der Waals surface area contributed by atoms with E-state index in [9.17, 15) is 0 Å². The minimum atomic E-state index is 0.645. The van der Waals surface area contributed by atoms with Crippen molar-refractivity contribution in [3.63, 3.8) is 0 Å². The highest BCUT2D eigenvalue weighted by molar-refractivity contribution is 7.10. The standard InChI is InChI=1S/C15H26N2S/c1-5-11(2)14-9-17(13(4)8-16-14)10-15-12(3)6-7-18-15/h6-7,11,13-14,16H,5,8-10H2,1-4H3. The predicted molar refractivity (Wildman–Crippen MR) is 80.2 cm³/mol. The summed E-state index contributed by atoms with van der Waals surface area (Å²) in [5.74, 6) is 0.768. The Morgan fingerprint density at radius 3 is 2.94 bits per heavy atom. The van der Waals surface area contributed by atoms with Gasteiger partial charge in [-0.2, -0.15) is 0 Å². The monoisotopic (exact) mass is 266 g/mol. The van der Waals surface area contributed by atoms with Gasteiger partial charge in [-0.3, -0.25) is 4.90 Å². The second-order valence-corrected chi connectivity index (χ2v) is 6.71. The maximum absolute atomic E-state index is 3.71. The molecule has 1 N–H and O–H groups in total. The molecule has 3 atom stereocenters. The normalized spacial score (nSPS) is 27.3. The molecule has 0 saturated carbocycles. The third-order valence-corrected chi connectivity index (χ3v) is 5.38. The van der Waals surface area contributed by atoms with Crippen molar-refractivity contribution < 1.29 is 0 Å². The highest BCUT2D eigenvalue weighted by Gasteiger charge is 2.27. The third-order valence-electron chi connectivity index (χ3n) is 4.38. The van der Waals surface area contributed by atoms with E-state index in [1.54, 1.807) is 0 Å². The number of nitrogens with one attached hydrogen (secondary N) is 1. The summed E-state index contributed by atoms with van der Waals surface area (Å²) in [4.78, 5) is 4.18. The SMILES string of the molecule is CCC(C)C1CN(Cc2sccc2C)C(C)CN1. The Morgan fingerprint density at radius 2 is 2.33 bits per heavy atom. The Morgan fingerprint density at radius 1 is 1.56 bits per heavy atom. The maximum Gasteiger partial charge on any atom is 0.0334 e. The molecule has 0 aromatic carbocycles. The summed E-state index contributed by atoms with van der Waals surface area (Å²) in [7, 11) is 0. The molecule has 3 unspecified atom stereocenters. The van der Waals surface area contributed by atoms with Crippen LogP contribution in [0.15, 0.2) is 11.4 Å².